The minimum Gasteiger partial charge on any atom is -0.486 e. The number of fused-ring (bicyclic) bond motifs is 2. The van der Waals surface area contributed by atoms with Crippen LogP contribution in [0.4, 0.5) is 10.5 Å². The van der Waals surface area contributed by atoms with Crippen LogP contribution in [-0.2, 0) is 0 Å². The van der Waals surface area contributed by atoms with Gasteiger partial charge in [0, 0.05) is 37.0 Å². The number of nitrogens with zero attached hydrogens (tertiary/aromatic N) is 4. The fourth-order valence-electron chi connectivity index (χ4n) is 3.83. The molecule has 28 heavy (non-hydrogen) atoms. The molecule has 0 saturated carbocycles. The van der Waals surface area contributed by atoms with E-state index in [1.807, 2.05) is 45.8 Å². The smallest absolute Gasteiger partial charge is 0.321 e. The number of hydrogen-bond acceptors (Lipinski definition) is 5. The van der Waals surface area contributed by atoms with Gasteiger partial charge in [-0.25, -0.2) is 4.79 Å². The SMILES string of the molecule is O=C(Nc1ccc2c(c1)OCCO2)N1CCC[C@H](c2nnc3ccccn23)C1. The molecule has 0 bridgehead atoms. The van der Waals surface area contributed by atoms with Crippen LogP contribution in [0.25, 0.3) is 5.65 Å². The first kappa shape index (κ1) is 16.9. The van der Waals surface area contributed by atoms with Gasteiger partial charge in [-0.1, -0.05) is 6.07 Å². The number of aromatic nitrogens is 3. The Morgan fingerprint density at radius 1 is 1.11 bits per heavy atom. The van der Waals surface area contributed by atoms with Gasteiger partial charge in [-0.3, -0.25) is 4.40 Å². The molecule has 1 aromatic carbocycles. The maximum absolute atomic E-state index is 12.8. The maximum Gasteiger partial charge on any atom is 0.321 e. The van der Waals surface area contributed by atoms with Gasteiger partial charge in [0.1, 0.15) is 19.0 Å². The van der Waals surface area contributed by atoms with Crippen LogP contribution in [0.3, 0.4) is 0 Å². The minimum atomic E-state index is -0.116. The average molecular weight is 379 g/mol. The molecule has 144 valence electrons. The molecule has 1 saturated heterocycles. The molecule has 2 amide bonds. The highest BCUT2D eigenvalue weighted by atomic mass is 16.6. The summed E-state index contributed by atoms with van der Waals surface area (Å²) in [7, 11) is 0. The van der Waals surface area contributed by atoms with Gasteiger partial charge in [0.25, 0.3) is 0 Å². The average Bonchev–Trinajstić information content (AvgIpc) is 3.18. The van der Waals surface area contributed by atoms with E-state index >= 15 is 0 Å². The molecule has 2 aromatic heterocycles. The first-order valence-electron chi connectivity index (χ1n) is 9.53. The van der Waals surface area contributed by atoms with Gasteiger partial charge < -0.3 is 19.7 Å². The van der Waals surface area contributed by atoms with Crippen molar-refractivity contribution in [3.8, 4) is 11.5 Å². The van der Waals surface area contributed by atoms with Crippen LogP contribution >= 0.6 is 0 Å². The topological polar surface area (TPSA) is 81.0 Å². The van der Waals surface area contributed by atoms with Gasteiger partial charge >= 0.3 is 6.03 Å². The third-order valence-corrected chi connectivity index (χ3v) is 5.21. The molecule has 1 fully saturated rings. The summed E-state index contributed by atoms with van der Waals surface area (Å²) in [6, 6.07) is 11.2. The first-order chi connectivity index (χ1) is 13.8. The van der Waals surface area contributed by atoms with E-state index in [-0.39, 0.29) is 11.9 Å². The van der Waals surface area contributed by atoms with Crippen LogP contribution in [0.5, 0.6) is 11.5 Å². The van der Waals surface area contributed by atoms with Crippen molar-refractivity contribution in [3.05, 3.63) is 48.4 Å². The second kappa shape index (κ2) is 7.03. The molecule has 2 aliphatic rings. The molecule has 0 spiro atoms. The molecule has 0 aliphatic carbocycles. The number of hydrogen-bond donors (Lipinski definition) is 1. The number of urea groups is 1. The minimum absolute atomic E-state index is 0.116. The molecule has 5 rings (SSSR count). The largest absolute Gasteiger partial charge is 0.486 e. The number of likely N-dealkylation sites (tertiary alicyclic amines) is 1. The van der Waals surface area contributed by atoms with Crippen LogP contribution in [-0.4, -0.2) is 51.8 Å². The van der Waals surface area contributed by atoms with E-state index in [9.17, 15) is 4.79 Å². The Bertz CT molecular complexity index is 1020. The second-order valence-electron chi connectivity index (χ2n) is 7.06. The van der Waals surface area contributed by atoms with Crippen molar-refractivity contribution in [1.29, 1.82) is 0 Å². The summed E-state index contributed by atoms with van der Waals surface area (Å²) in [4.78, 5) is 14.7. The molecule has 4 heterocycles. The number of rotatable bonds is 2. The lowest BCUT2D eigenvalue weighted by Gasteiger charge is -2.32. The lowest BCUT2D eigenvalue weighted by molar-refractivity contribution is 0.171. The molecule has 8 heteroatoms. The van der Waals surface area contributed by atoms with Crippen molar-refractivity contribution in [3.63, 3.8) is 0 Å². The Kier molecular flexibility index (Phi) is 4.23. The lowest BCUT2D eigenvalue weighted by Crippen LogP contribution is -2.42. The summed E-state index contributed by atoms with van der Waals surface area (Å²) in [5, 5.41) is 11.6. The molecule has 2 aliphatic heterocycles. The Balaban J connectivity index is 1.30. The highest BCUT2D eigenvalue weighted by Gasteiger charge is 2.28. The molecule has 0 radical (unpaired) electrons. The van der Waals surface area contributed by atoms with Crippen LogP contribution in [0.1, 0.15) is 24.6 Å². The number of carbonyl (C=O) groups is 1. The van der Waals surface area contributed by atoms with Crippen LogP contribution in [0.15, 0.2) is 42.6 Å². The van der Waals surface area contributed by atoms with Gasteiger partial charge in [-0.05, 0) is 37.1 Å². The second-order valence-corrected chi connectivity index (χ2v) is 7.06. The van der Waals surface area contributed by atoms with Crippen molar-refractivity contribution in [2.45, 2.75) is 18.8 Å². The van der Waals surface area contributed by atoms with Crippen molar-refractivity contribution in [2.24, 2.45) is 0 Å². The summed E-state index contributed by atoms with van der Waals surface area (Å²) < 4.78 is 13.1. The summed E-state index contributed by atoms with van der Waals surface area (Å²) >= 11 is 0. The van der Waals surface area contributed by atoms with E-state index in [1.54, 1.807) is 6.07 Å². The van der Waals surface area contributed by atoms with Crippen LogP contribution < -0.4 is 14.8 Å². The van der Waals surface area contributed by atoms with Crippen molar-refractivity contribution in [1.82, 2.24) is 19.5 Å². The predicted octanol–water partition coefficient (Wildman–Crippen LogP) is 2.91. The Morgan fingerprint density at radius 3 is 2.93 bits per heavy atom. The summed E-state index contributed by atoms with van der Waals surface area (Å²) in [6.07, 6.45) is 3.89. The van der Waals surface area contributed by atoms with Crippen molar-refractivity contribution in [2.75, 3.05) is 31.6 Å². The number of carbonyl (C=O) groups excluding carboxylic acids is 1. The highest BCUT2D eigenvalue weighted by Crippen LogP contribution is 2.33. The molecule has 1 N–H and O–H groups in total. The number of pyridine rings is 1. The fourth-order valence-corrected chi connectivity index (χ4v) is 3.83. The van der Waals surface area contributed by atoms with Gasteiger partial charge in [-0.15, -0.1) is 10.2 Å². The van der Waals surface area contributed by atoms with E-state index in [2.05, 4.69) is 15.5 Å². The van der Waals surface area contributed by atoms with Crippen LogP contribution in [0.2, 0.25) is 0 Å². The van der Waals surface area contributed by atoms with Gasteiger partial charge in [0.2, 0.25) is 0 Å². The van der Waals surface area contributed by atoms with Gasteiger partial charge in [0.05, 0.1) is 0 Å². The first-order valence-corrected chi connectivity index (χ1v) is 9.53. The lowest BCUT2D eigenvalue weighted by atomic mass is 9.97. The third-order valence-electron chi connectivity index (χ3n) is 5.21. The van der Waals surface area contributed by atoms with E-state index in [0.717, 1.165) is 30.9 Å². The summed E-state index contributed by atoms with van der Waals surface area (Å²) in [5.74, 6) is 2.45. The Hall–Kier alpha value is -3.29. The molecular formula is C20H21N5O3. The Morgan fingerprint density at radius 2 is 2.00 bits per heavy atom. The number of benzene rings is 1. The van der Waals surface area contributed by atoms with Gasteiger partial charge in [0.15, 0.2) is 17.1 Å². The summed E-state index contributed by atoms with van der Waals surface area (Å²) in [6.45, 7) is 2.41. The number of nitrogens with one attached hydrogen (secondary N) is 1. The normalized spacial score (nSPS) is 18.9. The molecule has 8 nitrogen and oxygen atoms in total. The zero-order valence-corrected chi connectivity index (χ0v) is 15.4. The van der Waals surface area contributed by atoms with Gasteiger partial charge in [-0.2, -0.15) is 0 Å². The van der Waals surface area contributed by atoms with Crippen molar-refractivity contribution < 1.29 is 14.3 Å². The van der Waals surface area contributed by atoms with Crippen molar-refractivity contribution >= 4 is 17.4 Å². The number of anilines is 1. The number of ether oxygens (including phenoxy) is 2. The number of piperidine rings is 1. The molecule has 3 aromatic rings. The molecular weight excluding hydrogens is 358 g/mol. The zero-order chi connectivity index (χ0) is 18.9. The van der Waals surface area contributed by atoms with E-state index in [0.29, 0.717) is 36.9 Å². The standard InChI is InChI=1S/C20H21N5O3/c26-20(21-15-6-7-16-17(12-15)28-11-10-27-16)24-8-3-4-14(13-24)19-23-22-18-5-1-2-9-25(18)19/h1-2,5-7,9,12,14H,3-4,8,10-11,13H2,(H,21,26)/t14-/m0/s1. The fraction of sp³-hybridized carbons (Fsp3) is 0.350. The Labute approximate surface area is 162 Å². The van der Waals surface area contributed by atoms with E-state index in [1.165, 1.54) is 0 Å². The monoisotopic (exact) mass is 379 g/mol. The maximum atomic E-state index is 12.8. The third kappa shape index (κ3) is 3.11. The zero-order valence-electron chi connectivity index (χ0n) is 15.4. The highest BCUT2D eigenvalue weighted by molar-refractivity contribution is 5.89. The summed E-state index contributed by atoms with van der Waals surface area (Å²) in [5.41, 5.74) is 1.53. The van der Waals surface area contributed by atoms with E-state index in [4.69, 9.17) is 9.47 Å². The predicted molar refractivity (Wildman–Crippen MR) is 103 cm³/mol. The van der Waals surface area contributed by atoms with E-state index < -0.39 is 0 Å². The number of amides is 2. The quantitative estimate of drug-likeness (QED) is 0.740. The van der Waals surface area contributed by atoms with Crippen LogP contribution in [0, 0.1) is 0 Å². The molecule has 1 atom stereocenters. The molecule has 0 unspecified atom stereocenters.